The van der Waals surface area contributed by atoms with Gasteiger partial charge in [0.15, 0.2) is 11.5 Å². The lowest BCUT2D eigenvalue weighted by atomic mass is 9.99. The molecule has 1 aliphatic rings. The quantitative estimate of drug-likeness (QED) is 0.472. The number of esters is 1. The number of rotatable bonds is 5. The van der Waals surface area contributed by atoms with E-state index in [1.54, 1.807) is 7.11 Å². The van der Waals surface area contributed by atoms with Crippen molar-refractivity contribution in [2.75, 3.05) is 13.7 Å². The first kappa shape index (κ1) is 18.0. The van der Waals surface area contributed by atoms with E-state index in [9.17, 15) is 4.79 Å². The van der Waals surface area contributed by atoms with Crippen LogP contribution in [0.25, 0.3) is 23.1 Å². The Hall–Kier alpha value is -3.34. The van der Waals surface area contributed by atoms with Gasteiger partial charge in [-0.2, -0.15) is 0 Å². The van der Waals surface area contributed by atoms with Gasteiger partial charge in [-0.15, -0.1) is 0 Å². The maximum absolute atomic E-state index is 11.9. The van der Waals surface area contributed by atoms with Crippen LogP contribution in [0.2, 0.25) is 0 Å². The molecule has 0 amide bonds. The van der Waals surface area contributed by atoms with Crippen LogP contribution in [0.5, 0.6) is 17.2 Å². The first-order valence-corrected chi connectivity index (χ1v) is 9.25. The van der Waals surface area contributed by atoms with Crippen molar-refractivity contribution in [3.8, 4) is 17.2 Å². The minimum atomic E-state index is -0.300. The van der Waals surface area contributed by atoms with Crippen LogP contribution in [0.15, 0.2) is 42.5 Å². The van der Waals surface area contributed by atoms with E-state index in [0.29, 0.717) is 18.1 Å². The SMILES string of the molecule is CCOc1cc(C=Cc2ccc3cccc(OC)c3n2)cc2c1OC(=O)C2C. The largest absolute Gasteiger partial charge is 0.494 e. The molecule has 1 aromatic heterocycles. The van der Waals surface area contributed by atoms with Gasteiger partial charge in [0, 0.05) is 10.9 Å². The van der Waals surface area contributed by atoms with E-state index in [1.165, 1.54) is 0 Å². The van der Waals surface area contributed by atoms with Gasteiger partial charge < -0.3 is 14.2 Å². The summed E-state index contributed by atoms with van der Waals surface area (Å²) in [4.78, 5) is 16.6. The lowest BCUT2D eigenvalue weighted by Gasteiger charge is -2.09. The fourth-order valence-electron chi connectivity index (χ4n) is 3.33. The standard InChI is InChI=1S/C23H21NO4/c1-4-27-20-13-15(12-18-14(2)23(25)28-22(18)20)8-10-17-11-9-16-6-5-7-19(26-3)21(16)24-17/h5-14H,4H2,1-3H3. The molecule has 3 aromatic rings. The van der Waals surface area contributed by atoms with Gasteiger partial charge in [-0.05, 0) is 49.8 Å². The monoisotopic (exact) mass is 375 g/mol. The lowest BCUT2D eigenvalue weighted by molar-refractivity contribution is -0.133. The number of fused-ring (bicyclic) bond motifs is 2. The first-order chi connectivity index (χ1) is 13.6. The van der Waals surface area contributed by atoms with Gasteiger partial charge in [-0.3, -0.25) is 4.79 Å². The molecule has 142 valence electrons. The fourth-order valence-corrected chi connectivity index (χ4v) is 3.33. The summed E-state index contributed by atoms with van der Waals surface area (Å²) >= 11 is 0. The van der Waals surface area contributed by atoms with Crippen molar-refractivity contribution in [3.63, 3.8) is 0 Å². The molecule has 0 bridgehead atoms. The summed E-state index contributed by atoms with van der Waals surface area (Å²) in [5.41, 5.74) is 3.41. The zero-order valence-corrected chi connectivity index (χ0v) is 16.1. The average molecular weight is 375 g/mol. The molecule has 0 N–H and O–H groups in total. The molecule has 28 heavy (non-hydrogen) atoms. The van der Waals surface area contributed by atoms with Crippen molar-refractivity contribution in [2.45, 2.75) is 19.8 Å². The van der Waals surface area contributed by atoms with Crippen LogP contribution in [-0.4, -0.2) is 24.7 Å². The molecule has 2 heterocycles. The normalized spacial score (nSPS) is 15.7. The van der Waals surface area contributed by atoms with Crippen LogP contribution < -0.4 is 14.2 Å². The third-order valence-electron chi connectivity index (χ3n) is 4.80. The van der Waals surface area contributed by atoms with Crippen LogP contribution in [0, 0.1) is 0 Å². The number of carbonyl (C=O) groups is 1. The smallest absolute Gasteiger partial charge is 0.318 e. The molecule has 4 rings (SSSR count). The second-order valence-corrected chi connectivity index (χ2v) is 6.61. The van der Waals surface area contributed by atoms with Gasteiger partial charge >= 0.3 is 5.97 Å². The number of aromatic nitrogens is 1. The molecule has 1 atom stereocenters. The Morgan fingerprint density at radius 3 is 2.79 bits per heavy atom. The Balaban J connectivity index is 1.71. The van der Waals surface area contributed by atoms with E-state index in [-0.39, 0.29) is 11.9 Å². The number of nitrogens with zero attached hydrogens (tertiary/aromatic N) is 1. The number of benzene rings is 2. The van der Waals surface area contributed by atoms with E-state index in [0.717, 1.165) is 33.5 Å². The van der Waals surface area contributed by atoms with Crippen LogP contribution in [-0.2, 0) is 4.79 Å². The molecule has 2 aromatic carbocycles. The first-order valence-electron chi connectivity index (χ1n) is 9.25. The van der Waals surface area contributed by atoms with Gasteiger partial charge in [-0.1, -0.05) is 24.3 Å². The second kappa shape index (κ2) is 7.35. The predicted octanol–water partition coefficient (Wildman–Crippen LogP) is 4.84. The number of hydrogen-bond donors (Lipinski definition) is 0. The summed E-state index contributed by atoms with van der Waals surface area (Å²) in [6.07, 6.45) is 3.90. The molecular weight excluding hydrogens is 354 g/mol. The van der Waals surface area contributed by atoms with Crippen molar-refractivity contribution >= 4 is 29.0 Å². The molecule has 0 radical (unpaired) electrons. The minimum absolute atomic E-state index is 0.250. The van der Waals surface area contributed by atoms with Crippen molar-refractivity contribution in [2.24, 2.45) is 0 Å². The zero-order chi connectivity index (χ0) is 19.7. The molecular formula is C23H21NO4. The molecule has 5 heteroatoms. The fraction of sp³-hybridized carbons (Fsp3) is 0.217. The predicted molar refractivity (Wildman–Crippen MR) is 109 cm³/mol. The summed E-state index contributed by atoms with van der Waals surface area (Å²) in [5, 5.41) is 1.03. The zero-order valence-electron chi connectivity index (χ0n) is 16.1. The summed E-state index contributed by atoms with van der Waals surface area (Å²) < 4.78 is 16.5. The maximum atomic E-state index is 11.9. The Morgan fingerprint density at radius 1 is 1.14 bits per heavy atom. The summed E-state index contributed by atoms with van der Waals surface area (Å²) in [5.74, 6) is 1.31. The van der Waals surface area contributed by atoms with E-state index >= 15 is 0 Å². The minimum Gasteiger partial charge on any atom is -0.494 e. The number of hydrogen-bond acceptors (Lipinski definition) is 5. The molecule has 0 fully saturated rings. The third-order valence-corrected chi connectivity index (χ3v) is 4.80. The number of carbonyl (C=O) groups excluding carboxylic acids is 1. The van der Waals surface area contributed by atoms with Gasteiger partial charge in [0.2, 0.25) is 0 Å². The van der Waals surface area contributed by atoms with Gasteiger partial charge in [0.05, 0.1) is 25.3 Å². The summed E-state index contributed by atoms with van der Waals surface area (Å²) in [6.45, 7) is 4.24. The van der Waals surface area contributed by atoms with Crippen LogP contribution in [0.4, 0.5) is 0 Å². The highest BCUT2D eigenvalue weighted by Gasteiger charge is 2.32. The van der Waals surface area contributed by atoms with Crippen molar-refractivity contribution in [1.29, 1.82) is 0 Å². The highest BCUT2D eigenvalue weighted by Crippen LogP contribution is 2.43. The Kier molecular flexibility index (Phi) is 4.74. The average Bonchev–Trinajstić information content (AvgIpc) is 3.00. The molecule has 0 aliphatic carbocycles. The molecule has 0 spiro atoms. The van der Waals surface area contributed by atoms with E-state index in [1.807, 2.05) is 68.5 Å². The molecule has 1 aliphatic heterocycles. The summed E-state index contributed by atoms with van der Waals surface area (Å²) in [7, 11) is 1.64. The number of methoxy groups -OCH3 is 1. The van der Waals surface area contributed by atoms with E-state index in [4.69, 9.17) is 19.2 Å². The molecule has 0 saturated carbocycles. The van der Waals surface area contributed by atoms with Crippen molar-refractivity contribution in [1.82, 2.24) is 4.98 Å². The third kappa shape index (κ3) is 3.20. The highest BCUT2D eigenvalue weighted by molar-refractivity contribution is 5.88. The second-order valence-electron chi connectivity index (χ2n) is 6.61. The van der Waals surface area contributed by atoms with Crippen molar-refractivity contribution < 1.29 is 19.0 Å². The van der Waals surface area contributed by atoms with Gasteiger partial charge in [0.25, 0.3) is 0 Å². The number of ether oxygens (including phenoxy) is 3. The summed E-state index contributed by atoms with van der Waals surface area (Å²) in [6, 6.07) is 13.7. The van der Waals surface area contributed by atoms with E-state index in [2.05, 4.69) is 0 Å². The van der Waals surface area contributed by atoms with Gasteiger partial charge in [0.1, 0.15) is 11.3 Å². The molecule has 0 saturated heterocycles. The topological polar surface area (TPSA) is 57.6 Å². The van der Waals surface area contributed by atoms with Crippen LogP contribution in [0.1, 0.15) is 36.6 Å². The van der Waals surface area contributed by atoms with Crippen LogP contribution >= 0.6 is 0 Å². The molecule has 1 unspecified atom stereocenters. The van der Waals surface area contributed by atoms with Crippen LogP contribution in [0.3, 0.4) is 0 Å². The number of para-hydroxylation sites is 1. The number of pyridine rings is 1. The molecule has 5 nitrogen and oxygen atoms in total. The van der Waals surface area contributed by atoms with Crippen molar-refractivity contribution in [3.05, 3.63) is 59.3 Å². The Labute approximate surface area is 163 Å². The lowest BCUT2D eigenvalue weighted by Crippen LogP contribution is -2.06. The van der Waals surface area contributed by atoms with E-state index < -0.39 is 0 Å². The van der Waals surface area contributed by atoms with Gasteiger partial charge in [-0.25, -0.2) is 4.98 Å². The highest BCUT2D eigenvalue weighted by atomic mass is 16.6. The maximum Gasteiger partial charge on any atom is 0.318 e. The Morgan fingerprint density at radius 2 is 2.00 bits per heavy atom. The Bertz CT molecular complexity index is 1090.